The van der Waals surface area contributed by atoms with Gasteiger partial charge >= 0.3 is 0 Å². The molecular weight excluding hydrogens is 150 g/mol. The first-order valence-corrected chi connectivity index (χ1v) is 4.99. The summed E-state index contributed by atoms with van der Waals surface area (Å²) in [6.07, 6.45) is 6.29. The van der Waals surface area contributed by atoms with E-state index in [-0.39, 0.29) is 6.10 Å². The molecule has 1 aliphatic rings. The van der Waals surface area contributed by atoms with Crippen LogP contribution in [0.15, 0.2) is 0 Å². The standard InChI is InChI=1S/C10H19NO/c1-3-4-5-6-9-7-8(2)12-10(9)11/h8-9,11H,3-7H2,1-2H3. The summed E-state index contributed by atoms with van der Waals surface area (Å²) in [6, 6.07) is 0. The molecule has 12 heavy (non-hydrogen) atoms. The molecule has 2 heteroatoms. The van der Waals surface area contributed by atoms with E-state index in [1.807, 2.05) is 6.92 Å². The summed E-state index contributed by atoms with van der Waals surface area (Å²) in [6.45, 7) is 4.26. The third kappa shape index (κ3) is 2.50. The fourth-order valence-corrected chi connectivity index (χ4v) is 1.76. The van der Waals surface area contributed by atoms with Gasteiger partial charge in [0.25, 0.3) is 0 Å². The Morgan fingerprint density at radius 2 is 2.25 bits per heavy atom. The molecule has 2 unspecified atom stereocenters. The van der Waals surface area contributed by atoms with Gasteiger partial charge in [-0.15, -0.1) is 0 Å². The monoisotopic (exact) mass is 169 g/mol. The summed E-state index contributed by atoms with van der Waals surface area (Å²) < 4.78 is 5.29. The second-order valence-corrected chi connectivity index (χ2v) is 3.72. The average molecular weight is 169 g/mol. The van der Waals surface area contributed by atoms with Crippen LogP contribution in [0, 0.1) is 11.3 Å². The van der Waals surface area contributed by atoms with Gasteiger partial charge in [0.1, 0.15) is 0 Å². The van der Waals surface area contributed by atoms with Crippen molar-refractivity contribution < 1.29 is 4.74 Å². The van der Waals surface area contributed by atoms with E-state index in [1.54, 1.807) is 0 Å². The van der Waals surface area contributed by atoms with Gasteiger partial charge in [-0.05, 0) is 19.8 Å². The Morgan fingerprint density at radius 1 is 1.50 bits per heavy atom. The predicted molar refractivity (Wildman–Crippen MR) is 50.5 cm³/mol. The van der Waals surface area contributed by atoms with Gasteiger partial charge in [0, 0.05) is 5.92 Å². The van der Waals surface area contributed by atoms with Gasteiger partial charge < -0.3 is 4.74 Å². The highest BCUT2D eigenvalue weighted by molar-refractivity contribution is 5.77. The van der Waals surface area contributed by atoms with E-state index in [0.717, 1.165) is 12.8 Å². The average Bonchev–Trinajstić information content (AvgIpc) is 2.31. The van der Waals surface area contributed by atoms with E-state index in [4.69, 9.17) is 10.1 Å². The smallest absolute Gasteiger partial charge is 0.183 e. The number of unbranched alkanes of at least 4 members (excludes halogenated alkanes) is 2. The summed E-state index contributed by atoms with van der Waals surface area (Å²) in [7, 11) is 0. The van der Waals surface area contributed by atoms with Crippen LogP contribution in [0.3, 0.4) is 0 Å². The molecular formula is C10H19NO. The van der Waals surface area contributed by atoms with Gasteiger partial charge in [0.2, 0.25) is 0 Å². The van der Waals surface area contributed by atoms with E-state index in [1.165, 1.54) is 19.3 Å². The molecule has 70 valence electrons. The van der Waals surface area contributed by atoms with Crippen molar-refractivity contribution in [3.05, 3.63) is 0 Å². The summed E-state index contributed by atoms with van der Waals surface area (Å²) in [4.78, 5) is 0. The van der Waals surface area contributed by atoms with E-state index in [2.05, 4.69) is 6.92 Å². The van der Waals surface area contributed by atoms with Crippen LogP contribution in [-0.2, 0) is 4.74 Å². The van der Waals surface area contributed by atoms with Crippen molar-refractivity contribution in [2.75, 3.05) is 0 Å². The highest BCUT2D eigenvalue weighted by atomic mass is 16.5. The molecule has 1 aliphatic heterocycles. The molecule has 0 aromatic rings. The predicted octanol–water partition coefficient (Wildman–Crippen LogP) is 2.97. The van der Waals surface area contributed by atoms with Gasteiger partial charge in [-0.25, -0.2) is 0 Å². The van der Waals surface area contributed by atoms with Crippen LogP contribution in [0.25, 0.3) is 0 Å². The van der Waals surface area contributed by atoms with Crippen molar-refractivity contribution in [3.8, 4) is 0 Å². The summed E-state index contributed by atoms with van der Waals surface area (Å²) in [5.74, 6) is 0.949. The Hall–Kier alpha value is -0.530. The number of nitrogens with one attached hydrogen (secondary N) is 1. The van der Waals surface area contributed by atoms with Gasteiger partial charge in [0.15, 0.2) is 5.90 Å². The van der Waals surface area contributed by atoms with Crippen LogP contribution in [0.2, 0.25) is 0 Å². The lowest BCUT2D eigenvalue weighted by Gasteiger charge is -2.05. The summed E-state index contributed by atoms with van der Waals surface area (Å²) in [5.41, 5.74) is 0. The van der Waals surface area contributed by atoms with Gasteiger partial charge in [-0.1, -0.05) is 26.2 Å². The number of hydrogen-bond acceptors (Lipinski definition) is 2. The van der Waals surface area contributed by atoms with Crippen molar-refractivity contribution in [1.29, 1.82) is 5.41 Å². The van der Waals surface area contributed by atoms with E-state index < -0.39 is 0 Å². The van der Waals surface area contributed by atoms with Crippen molar-refractivity contribution >= 4 is 5.90 Å². The third-order valence-electron chi connectivity index (χ3n) is 2.47. The zero-order chi connectivity index (χ0) is 8.97. The normalized spacial score (nSPS) is 29.0. The fourth-order valence-electron chi connectivity index (χ4n) is 1.76. The van der Waals surface area contributed by atoms with Gasteiger partial charge in [-0.3, -0.25) is 5.41 Å². The molecule has 0 saturated carbocycles. The van der Waals surface area contributed by atoms with Crippen LogP contribution in [0.4, 0.5) is 0 Å². The van der Waals surface area contributed by atoms with Gasteiger partial charge in [0.05, 0.1) is 6.10 Å². The molecule has 1 saturated heterocycles. The lowest BCUT2D eigenvalue weighted by molar-refractivity contribution is 0.238. The lowest BCUT2D eigenvalue weighted by atomic mass is 9.98. The SMILES string of the molecule is CCCCCC1CC(C)OC1=N. The minimum atomic E-state index is 0.282. The molecule has 1 N–H and O–H groups in total. The van der Waals surface area contributed by atoms with Crippen molar-refractivity contribution in [1.82, 2.24) is 0 Å². The van der Waals surface area contributed by atoms with Crippen molar-refractivity contribution in [2.24, 2.45) is 5.92 Å². The van der Waals surface area contributed by atoms with Crippen LogP contribution < -0.4 is 0 Å². The molecule has 0 aromatic carbocycles. The Balaban J connectivity index is 2.19. The quantitative estimate of drug-likeness (QED) is 0.645. The Labute approximate surface area is 74.8 Å². The molecule has 1 heterocycles. The molecule has 0 radical (unpaired) electrons. The highest BCUT2D eigenvalue weighted by Crippen LogP contribution is 2.25. The van der Waals surface area contributed by atoms with E-state index >= 15 is 0 Å². The Morgan fingerprint density at radius 3 is 2.75 bits per heavy atom. The first-order valence-electron chi connectivity index (χ1n) is 4.99. The third-order valence-corrected chi connectivity index (χ3v) is 2.47. The zero-order valence-corrected chi connectivity index (χ0v) is 8.10. The maximum atomic E-state index is 7.55. The maximum absolute atomic E-state index is 7.55. The van der Waals surface area contributed by atoms with Crippen LogP contribution in [0.1, 0.15) is 46.0 Å². The molecule has 0 aliphatic carbocycles. The topological polar surface area (TPSA) is 33.1 Å². The molecule has 0 spiro atoms. The maximum Gasteiger partial charge on any atom is 0.183 e. The number of rotatable bonds is 4. The first-order chi connectivity index (χ1) is 5.74. The number of hydrogen-bond donors (Lipinski definition) is 1. The Kier molecular flexibility index (Phi) is 3.57. The lowest BCUT2D eigenvalue weighted by Crippen LogP contribution is -2.06. The molecule has 1 fully saturated rings. The fraction of sp³-hybridized carbons (Fsp3) is 0.900. The van der Waals surface area contributed by atoms with Crippen molar-refractivity contribution in [3.63, 3.8) is 0 Å². The summed E-state index contributed by atoms with van der Waals surface area (Å²) in [5, 5.41) is 7.55. The second-order valence-electron chi connectivity index (χ2n) is 3.72. The molecule has 2 nitrogen and oxygen atoms in total. The highest BCUT2D eigenvalue weighted by Gasteiger charge is 2.27. The van der Waals surface area contributed by atoms with Crippen LogP contribution in [0.5, 0.6) is 0 Å². The second kappa shape index (κ2) is 4.48. The van der Waals surface area contributed by atoms with E-state index in [9.17, 15) is 0 Å². The van der Waals surface area contributed by atoms with Gasteiger partial charge in [-0.2, -0.15) is 0 Å². The molecule has 0 bridgehead atoms. The van der Waals surface area contributed by atoms with Crippen LogP contribution in [-0.4, -0.2) is 12.0 Å². The van der Waals surface area contributed by atoms with Crippen LogP contribution >= 0.6 is 0 Å². The molecule has 0 aromatic heterocycles. The summed E-state index contributed by atoms with van der Waals surface area (Å²) >= 11 is 0. The molecule has 1 rings (SSSR count). The van der Waals surface area contributed by atoms with E-state index in [0.29, 0.717) is 11.8 Å². The molecule has 2 atom stereocenters. The zero-order valence-electron chi connectivity index (χ0n) is 8.10. The largest absolute Gasteiger partial charge is 0.478 e. The Bertz CT molecular complexity index is 156. The molecule has 0 amide bonds. The minimum Gasteiger partial charge on any atom is -0.478 e. The van der Waals surface area contributed by atoms with Crippen molar-refractivity contribution in [2.45, 2.75) is 52.1 Å². The minimum absolute atomic E-state index is 0.282. The number of ether oxygens (including phenoxy) is 1. The first kappa shape index (κ1) is 9.56.